The molecule has 5 heteroatoms. The molecule has 1 N–H and O–H groups in total. The van der Waals surface area contributed by atoms with Crippen LogP contribution in [0.4, 0.5) is 0 Å². The largest absolute Gasteiger partial charge is 0.490 e. The van der Waals surface area contributed by atoms with Gasteiger partial charge in [-0.25, -0.2) is 4.79 Å². The quantitative estimate of drug-likeness (QED) is 0.746. The zero-order valence-corrected chi connectivity index (χ0v) is 13.4. The predicted octanol–water partition coefficient (Wildman–Crippen LogP) is 2.39. The Bertz CT molecular complexity index is 461. The van der Waals surface area contributed by atoms with Crippen LogP contribution in [0.1, 0.15) is 27.7 Å². The van der Waals surface area contributed by atoms with Gasteiger partial charge in [-0.2, -0.15) is 0 Å². The van der Waals surface area contributed by atoms with Gasteiger partial charge in [0.25, 0.3) is 0 Å². The number of carbonyl (C=O) groups is 1. The molecule has 1 aromatic rings. The maximum absolute atomic E-state index is 12.0. The van der Waals surface area contributed by atoms with Crippen molar-refractivity contribution >= 4 is 5.97 Å². The average molecular weight is 295 g/mol. The number of ether oxygens (including phenoxy) is 3. The molecule has 0 heterocycles. The second-order valence-corrected chi connectivity index (χ2v) is 5.29. The van der Waals surface area contributed by atoms with Gasteiger partial charge < -0.3 is 14.2 Å². The maximum Gasteiger partial charge on any atom is 0.329 e. The van der Waals surface area contributed by atoms with Crippen LogP contribution >= 0.6 is 0 Å². The summed E-state index contributed by atoms with van der Waals surface area (Å²) >= 11 is 0. The summed E-state index contributed by atoms with van der Waals surface area (Å²) in [4.78, 5) is 12.0. The minimum atomic E-state index is -0.914. The van der Waals surface area contributed by atoms with Gasteiger partial charge in [-0.1, -0.05) is 12.1 Å². The summed E-state index contributed by atoms with van der Waals surface area (Å²) in [6.45, 7) is 8.32. The highest BCUT2D eigenvalue weighted by atomic mass is 16.5. The summed E-state index contributed by atoms with van der Waals surface area (Å²) < 4.78 is 16.2. The Morgan fingerprint density at radius 1 is 1.24 bits per heavy atom. The smallest absolute Gasteiger partial charge is 0.329 e. The van der Waals surface area contributed by atoms with E-state index in [0.29, 0.717) is 18.1 Å². The van der Waals surface area contributed by atoms with Crippen LogP contribution in [0.3, 0.4) is 0 Å². The molecule has 0 radical (unpaired) electrons. The number of methoxy groups -OCH3 is 1. The highest BCUT2D eigenvalue weighted by Gasteiger charge is 2.36. The van der Waals surface area contributed by atoms with E-state index in [0.717, 1.165) is 0 Å². The lowest BCUT2D eigenvalue weighted by atomic mass is 10.0. The van der Waals surface area contributed by atoms with E-state index >= 15 is 0 Å². The summed E-state index contributed by atoms with van der Waals surface area (Å²) in [7, 11) is 1.37. The topological polar surface area (TPSA) is 56.8 Å². The third-order valence-corrected chi connectivity index (χ3v) is 2.91. The lowest BCUT2D eigenvalue weighted by molar-refractivity contribution is -0.149. The molecule has 0 saturated heterocycles. The van der Waals surface area contributed by atoms with Crippen LogP contribution in [0.25, 0.3) is 0 Å². The standard InChI is InChI=1S/C16H25NO4/c1-6-20-13-9-7-8-10-14(13)21-11-16(4,15(18)19-5)17-12(2)3/h7-10,12,17H,6,11H2,1-5H3. The highest BCUT2D eigenvalue weighted by molar-refractivity contribution is 5.80. The van der Waals surface area contributed by atoms with Crippen molar-refractivity contribution in [3.8, 4) is 11.5 Å². The number of esters is 1. The van der Waals surface area contributed by atoms with Crippen molar-refractivity contribution in [2.75, 3.05) is 20.3 Å². The van der Waals surface area contributed by atoms with E-state index in [1.54, 1.807) is 6.92 Å². The first-order chi connectivity index (χ1) is 9.92. The van der Waals surface area contributed by atoms with Gasteiger partial charge in [0.2, 0.25) is 0 Å². The fourth-order valence-corrected chi connectivity index (χ4v) is 2.09. The Kier molecular flexibility index (Phi) is 6.49. The number of carbonyl (C=O) groups excluding carboxylic acids is 1. The molecule has 0 saturated carbocycles. The van der Waals surface area contributed by atoms with Crippen LogP contribution < -0.4 is 14.8 Å². The van der Waals surface area contributed by atoms with Crippen molar-refractivity contribution in [3.63, 3.8) is 0 Å². The molecule has 0 aliphatic carbocycles. The first-order valence-electron chi connectivity index (χ1n) is 7.13. The molecule has 1 aromatic carbocycles. The van der Waals surface area contributed by atoms with E-state index in [1.165, 1.54) is 7.11 Å². The van der Waals surface area contributed by atoms with Crippen molar-refractivity contribution in [2.45, 2.75) is 39.3 Å². The van der Waals surface area contributed by atoms with E-state index < -0.39 is 5.54 Å². The number of benzene rings is 1. The Balaban J connectivity index is 2.84. The van der Waals surface area contributed by atoms with Crippen molar-refractivity contribution in [2.24, 2.45) is 0 Å². The molecule has 118 valence electrons. The van der Waals surface area contributed by atoms with Crippen molar-refractivity contribution in [3.05, 3.63) is 24.3 Å². The zero-order valence-electron chi connectivity index (χ0n) is 13.4. The van der Waals surface area contributed by atoms with Gasteiger partial charge in [0.05, 0.1) is 13.7 Å². The van der Waals surface area contributed by atoms with Crippen LogP contribution in [0, 0.1) is 0 Å². The Morgan fingerprint density at radius 2 is 1.81 bits per heavy atom. The number of rotatable bonds is 8. The summed E-state index contributed by atoms with van der Waals surface area (Å²) in [5, 5.41) is 3.19. The SMILES string of the molecule is CCOc1ccccc1OCC(C)(NC(C)C)C(=O)OC. The fourth-order valence-electron chi connectivity index (χ4n) is 2.09. The molecular weight excluding hydrogens is 270 g/mol. The van der Waals surface area contributed by atoms with Crippen LogP contribution in [0.15, 0.2) is 24.3 Å². The Hall–Kier alpha value is -1.75. The molecular formula is C16H25NO4. The molecule has 1 atom stereocenters. The molecule has 0 aliphatic heterocycles. The van der Waals surface area contributed by atoms with Crippen LogP contribution in [0.5, 0.6) is 11.5 Å². The average Bonchev–Trinajstić information content (AvgIpc) is 2.45. The van der Waals surface area contributed by atoms with Crippen LogP contribution in [-0.4, -0.2) is 37.9 Å². The van der Waals surface area contributed by atoms with Crippen molar-refractivity contribution < 1.29 is 19.0 Å². The lowest BCUT2D eigenvalue weighted by Crippen LogP contribution is -2.56. The first kappa shape index (κ1) is 17.3. The van der Waals surface area contributed by atoms with E-state index in [-0.39, 0.29) is 18.6 Å². The number of hydrogen-bond acceptors (Lipinski definition) is 5. The summed E-state index contributed by atoms with van der Waals surface area (Å²) in [5.41, 5.74) is -0.914. The molecule has 1 unspecified atom stereocenters. The molecule has 0 spiro atoms. The number of hydrogen-bond donors (Lipinski definition) is 1. The van der Waals surface area contributed by atoms with Gasteiger partial charge in [0.15, 0.2) is 11.5 Å². The molecule has 0 bridgehead atoms. The molecule has 0 aromatic heterocycles. The molecule has 0 amide bonds. The molecule has 21 heavy (non-hydrogen) atoms. The fraction of sp³-hybridized carbons (Fsp3) is 0.562. The van der Waals surface area contributed by atoms with Crippen molar-refractivity contribution in [1.29, 1.82) is 0 Å². The minimum Gasteiger partial charge on any atom is -0.490 e. The monoisotopic (exact) mass is 295 g/mol. The first-order valence-corrected chi connectivity index (χ1v) is 7.13. The predicted molar refractivity (Wildman–Crippen MR) is 81.8 cm³/mol. The van der Waals surface area contributed by atoms with Gasteiger partial charge >= 0.3 is 5.97 Å². The minimum absolute atomic E-state index is 0.125. The Labute approximate surface area is 126 Å². The third-order valence-electron chi connectivity index (χ3n) is 2.91. The zero-order chi connectivity index (χ0) is 15.9. The van der Waals surface area contributed by atoms with Gasteiger partial charge in [0.1, 0.15) is 12.1 Å². The summed E-state index contributed by atoms with van der Waals surface area (Å²) in [6, 6.07) is 7.52. The normalized spacial score (nSPS) is 13.6. The van der Waals surface area contributed by atoms with Gasteiger partial charge in [0, 0.05) is 6.04 Å². The Morgan fingerprint density at radius 3 is 2.29 bits per heavy atom. The molecule has 0 aliphatic rings. The second-order valence-electron chi connectivity index (χ2n) is 5.29. The number of nitrogens with one attached hydrogen (secondary N) is 1. The van der Waals surface area contributed by atoms with Crippen molar-refractivity contribution in [1.82, 2.24) is 5.32 Å². The van der Waals surface area contributed by atoms with Gasteiger partial charge in [-0.3, -0.25) is 5.32 Å². The van der Waals surface area contributed by atoms with E-state index in [9.17, 15) is 4.79 Å². The molecule has 1 rings (SSSR count). The van der Waals surface area contributed by atoms with Crippen LogP contribution in [0.2, 0.25) is 0 Å². The van der Waals surface area contributed by atoms with Gasteiger partial charge in [-0.15, -0.1) is 0 Å². The third kappa shape index (κ3) is 4.93. The molecule has 5 nitrogen and oxygen atoms in total. The summed E-state index contributed by atoms with van der Waals surface area (Å²) in [6.07, 6.45) is 0. The van der Waals surface area contributed by atoms with E-state index in [4.69, 9.17) is 14.2 Å². The van der Waals surface area contributed by atoms with E-state index in [1.807, 2.05) is 45.0 Å². The van der Waals surface area contributed by atoms with Crippen LogP contribution in [-0.2, 0) is 9.53 Å². The molecule has 0 fully saturated rings. The highest BCUT2D eigenvalue weighted by Crippen LogP contribution is 2.27. The maximum atomic E-state index is 12.0. The summed E-state index contributed by atoms with van der Waals surface area (Å²) in [5.74, 6) is 0.918. The lowest BCUT2D eigenvalue weighted by Gasteiger charge is -2.30. The van der Waals surface area contributed by atoms with Gasteiger partial charge in [-0.05, 0) is 39.8 Å². The second kappa shape index (κ2) is 7.88. The number of para-hydroxylation sites is 2. The van der Waals surface area contributed by atoms with E-state index in [2.05, 4.69) is 5.32 Å².